The van der Waals surface area contributed by atoms with Gasteiger partial charge in [0.2, 0.25) is 0 Å². The average Bonchev–Trinajstić information content (AvgIpc) is 3.10. The van der Waals surface area contributed by atoms with Gasteiger partial charge in [0.15, 0.2) is 0 Å². The van der Waals surface area contributed by atoms with Crippen molar-refractivity contribution >= 4 is 27.2 Å². The minimum Gasteiger partial charge on any atom is -0.294 e. The molecular formula is C19H13N3O3S. The number of fused-ring (bicyclic) bond motifs is 1. The van der Waals surface area contributed by atoms with Crippen molar-refractivity contribution < 1.29 is 4.92 Å². The first-order chi connectivity index (χ1) is 12.6. The molecule has 0 unspecified atom stereocenters. The minimum absolute atomic E-state index is 0.0267. The lowest BCUT2D eigenvalue weighted by Crippen LogP contribution is -2.20. The fraction of sp³-hybridized carbons (Fsp3) is 0.0526. The van der Waals surface area contributed by atoms with Crippen LogP contribution >= 0.6 is 11.3 Å². The molecule has 2 aromatic carbocycles. The van der Waals surface area contributed by atoms with Crippen LogP contribution in [0, 0.1) is 10.1 Å². The molecule has 7 heteroatoms. The molecule has 0 radical (unpaired) electrons. The average molecular weight is 363 g/mol. The summed E-state index contributed by atoms with van der Waals surface area (Å²) in [6.45, 7) is 0.309. The number of nitro benzene ring substituents is 1. The van der Waals surface area contributed by atoms with Gasteiger partial charge < -0.3 is 0 Å². The van der Waals surface area contributed by atoms with Crippen LogP contribution in [0.2, 0.25) is 0 Å². The molecule has 0 N–H and O–H groups in total. The van der Waals surface area contributed by atoms with Gasteiger partial charge in [0, 0.05) is 23.1 Å². The summed E-state index contributed by atoms with van der Waals surface area (Å²) in [6.07, 6.45) is 1.53. The van der Waals surface area contributed by atoms with Crippen molar-refractivity contribution in [3.8, 4) is 11.1 Å². The highest BCUT2D eigenvalue weighted by atomic mass is 32.1. The van der Waals surface area contributed by atoms with Gasteiger partial charge >= 0.3 is 0 Å². The van der Waals surface area contributed by atoms with Crippen molar-refractivity contribution in [3.05, 3.63) is 92.3 Å². The van der Waals surface area contributed by atoms with E-state index >= 15 is 0 Å². The second kappa shape index (κ2) is 6.53. The minimum atomic E-state index is -0.443. The van der Waals surface area contributed by atoms with E-state index < -0.39 is 4.92 Å². The van der Waals surface area contributed by atoms with E-state index in [4.69, 9.17) is 0 Å². The van der Waals surface area contributed by atoms with Crippen molar-refractivity contribution in [1.82, 2.24) is 9.55 Å². The zero-order chi connectivity index (χ0) is 18.1. The quantitative estimate of drug-likeness (QED) is 0.404. The fourth-order valence-corrected chi connectivity index (χ4v) is 3.74. The maximum Gasteiger partial charge on any atom is 0.269 e. The smallest absolute Gasteiger partial charge is 0.269 e. The Bertz CT molecular complexity index is 1150. The zero-order valence-electron chi connectivity index (χ0n) is 13.5. The first-order valence-corrected chi connectivity index (χ1v) is 8.77. The molecule has 0 fully saturated rings. The summed E-state index contributed by atoms with van der Waals surface area (Å²) >= 11 is 1.44. The maximum atomic E-state index is 13.0. The fourth-order valence-electron chi connectivity index (χ4n) is 2.83. The molecule has 26 heavy (non-hydrogen) atoms. The Kier molecular flexibility index (Phi) is 4.06. The van der Waals surface area contributed by atoms with Crippen molar-refractivity contribution in [1.29, 1.82) is 0 Å². The number of rotatable bonds is 4. The van der Waals surface area contributed by atoms with Crippen molar-refractivity contribution in [2.24, 2.45) is 0 Å². The molecular weight excluding hydrogens is 350 g/mol. The predicted octanol–water partition coefficient (Wildman–Crippen LogP) is 4.08. The van der Waals surface area contributed by atoms with Crippen LogP contribution < -0.4 is 5.56 Å². The van der Waals surface area contributed by atoms with Crippen LogP contribution in [-0.2, 0) is 6.54 Å². The van der Waals surface area contributed by atoms with Gasteiger partial charge in [-0.05, 0) is 11.1 Å². The van der Waals surface area contributed by atoms with Gasteiger partial charge in [0.05, 0.1) is 23.2 Å². The molecule has 0 aliphatic rings. The Labute approximate surface area is 152 Å². The molecule has 0 spiro atoms. The third-order valence-corrected chi connectivity index (χ3v) is 5.03. The number of nitro groups is 1. The first kappa shape index (κ1) is 16.2. The summed E-state index contributed by atoms with van der Waals surface area (Å²) in [4.78, 5) is 28.4. The molecule has 0 saturated heterocycles. The molecule has 128 valence electrons. The number of hydrogen-bond acceptors (Lipinski definition) is 5. The van der Waals surface area contributed by atoms with E-state index in [0.717, 1.165) is 16.7 Å². The third-order valence-electron chi connectivity index (χ3n) is 4.15. The molecule has 2 aromatic heterocycles. The third kappa shape index (κ3) is 2.89. The van der Waals surface area contributed by atoms with E-state index in [-0.39, 0.29) is 11.2 Å². The monoisotopic (exact) mass is 363 g/mol. The van der Waals surface area contributed by atoms with Gasteiger partial charge in [-0.15, -0.1) is 11.3 Å². The van der Waals surface area contributed by atoms with Crippen LogP contribution in [0.25, 0.3) is 21.3 Å². The zero-order valence-corrected chi connectivity index (χ0v) is 14.3. The van der Waals surface area contributed by atoms with Gasteiger partial charge in [-0.1, -0.05) is 42.5 Å². The van der Waals surface area contributed by atoms with Crippen LogP contribution in [-0.4, -0.2) is 14.5 Å². The highest BCUT2D eigenvalue weighted by molar-refractivity contribution is 7.17. The van der Waals surface area contributed by atoms with Crippen LogP contribution in [0.5, 0.6) is 0 Å². The Balaban J connectivity index is 1.76. The maximum absolute atomic E-state index is 13.0. The standard InChI is InChI=1S/C19H13N3O3S/c23-19-17-16(14-4-2-1-3-5-14)11-26-18(17)20-12-21(19)10-13-6-8-15(9-7-13)22(24)25/h1-9,11-12H,10H2. The molecule has 0 amide bonds. The number of aromatic nitrogens is 2. The normalized spacial score (nSPS) is 10.9. The summed E-state index contributed by atoms with van der Waals surface area (Å²) in [7, 11) is 0. The van der Waals surface area contributed by atoms with E-state index in [2.05, 4.69) is 4.98 Å². The summed E-state index contributed by atoms with van der Waals surface area (Å²) in [6, 6.07) is 15.9. The highest BCUT2D eigenvalue weighted by Gasteiger charge is 2.13. The largest absolute Gasteiger partial charge is 0.294 e. The molecule has 0 atom stereocenters. The lowest BCUT2D eigenvalue weighted by Gasteiger charge is -2.06. The van der Waals surface area contributed by atoms with E-state index in [9.17, 15) is 14.9 Å². The van der Waals surface area contributed by atoms with Gasteiger partial charge in [0.25, 0.3) is 11.2 Å². The molecule has 0 saturated carbocycles. The van der Waals surface area contributed by atoms with Crippen molar-refractivity contribution in [2.45, 2.75) is 6.54 Å². The van der Waals surface area contributed by atoms with Gasteiger partial charge in [-0.25, -0.2) is 4.98 Å². The summed E-state index contributed by atoms with van der Waals surface area (Å²) in [5, 5.41) is 13.3. The summed E-state index contributed by atoms with van der Waals surface area (Å²) in [5.41, 5.74) is 2.56. The van der Waals surface area contributed by atoms with Crippen molar-refractivity contribution in [3.63, 3.8) is 0 Å². The molecule has 0 bridgehead atoms. The number of benzene rings is 2. The van der Waals surface area contributed by atoms with Crippen LogP contribution in [0.15, 0.2) is 71.1 Å². The van der Waals surface area contributed by atoms with E-state index in [1.54, 1.807) is 12.1 Å². The second-order valence-corrected chi connectivity index (χ2v) is 6.65. The lowest BCUT2D eigenvalue weighted by atomic mass is 10.1. The topological polar surface area (TPSA) is 78.0 Å². The van der Waals surface area contributed by atoms with Crippen LogP contribution in [0.3, 0.4) is 0 Å². The molecule has 0 aliphatic carbocycles. The summed E-state index contributed by atoms with van der Waals surface area (Å²) < 4.78 is 1.53. The molecule has 6 nitrogen and oxygen atoms in total. The van der Waals surface area contributed by atoms with E-state index in [1.807, 2.05) is 35.7 Å². The van der Waals surface area contributed by atoms with Crippen LogP contribution in [0.4, 0.5) is 5.69 Å². The van der Waals surface area contributed by atoms with Gasteiger partial charge in [-0.3, -0.25) is 19.5 Å². The predicted molar refractivity (Wildman–Crippen MR) is 102 cm³/mol. The Morgan fingerprint density at radius 3 is 2.50 bits per heavy atom. The SMILES string of the molecule is O=c1c2c(-c3ccccc3)csc2ncn1Cc1ccc([N+](=O)[O-])cc1. The summed E-state index contributed by atoms with van der Waals surface area (Å²) in [5.74, 6) is 0. The molecule has 4 rings (SSSR count). The lowest BCUT2D eigenvalue weighted by molar-refractivity contribution is -0.384. The second-order valence-electron chi connectivity index (χ2n) is 5.80. The first-order valence-electron chi connectivity index (χ1n) is 7.89. The Hall–Kier alpha value is -3.32. The van der Waals surface area contributed by atoms with Crippen molar-refractivity contribution in [2.75, 3.05) is 0 Å². The molecule has 0 aliphatic heterocycles. The Morgan fingerprint density at radius 1 is 1.08 bits per heavy atom. The molecule has 2 heterocycles. The Morgan fingerprint density at radius 2 is 1.81 bits per heavy atom. The number of non-ortho nitro benzene ring substituents is 1. The number of nitrogens with zero attached hydrogens (tertiary/aromatic N) is 3. The number of thiophene rings is 1. The van der Waals surface area contributed by atoms with E-state index in [1.165, 1.54) is 34.4 Å². The van der Waals surface area contributed by atoms with Gasteiger partial charge in [0.1, 0.15) is 4.83 Å². The highest BCUT2D eigenvalue weighted by Crippen LogP contribution is 2.30. The molecule has 4 aromatic rings. The van der Waals surface area contributed by atoms with Crippen LogP contribution in [0.1, 0.15) is 5.56 Å². The van der Waals surface area contributed by atoms with E-state index in [0.29, 0.717) is 16.8 Å². The number of hydrogen-bond donors (Lipinski definition) is 0. The van der Waals surface area contributed by atoms with Gasteiger partial charge in [-0.2, -0.15) is 0 Å².